The molecule has 4 rings (SSSR count). The minimum atomic E-state index is -4.06. The molecule has 33 heavy (non-hydrogen) atoms. The van der Waals surface area contributed by atoms with Crippen molar-refractivity contribution < 1.29 is 27.1 Å². The molecule has 1 aliphatic rings. The Morgan fingerprint density at radius 1 is 0.939 bits per heavy atom. The Labute approximate surface area is 194 Å². The Balaban J connectivity index is 1.46. The molecule has 0 saturated carbocycles. The number of benzene rings is 2. The minimum Gasteiger partial charge on any atom is -0.379 e. The van der Waals surface area contributed by atoms with Gasteiger partial charge in [0.15, 0.2) is 0 Å². The molecule has 3 aromatic rings. The monoisotopic (exact) mass is 489 g/mol. The van der Waals surface area contributed by atoms with Crippen LogP contribution in [0.25, 0.3) is 0 Å². The summed E-state index contributed by atoms with van der Waals surface area (Å²) in [6, 6.07) is 13.1. The minimum absolute atomic E-state index is 0.133. The third-order valence-electron chi connectivity index (χ3n) is 4.93. The molecule has 172 valence electrons. The van der Waals surface area contributed by atoms with Gasteiger partial charge in [-0.15, -0.1) is 11.3 Å². The smallest absolute Gasteiger partial charge is 0.265 e. The van der Waals surface area contributed by atoms with Crippen molar-refractivity contribution >= 4 is 44.5 Å². The molecule has 0 aliphatic carbocycles. The van der Waals surface area contributed by atoms with Gasteiger partial charge in [0, 0.05) is 30.0 Å². The highest BCUT2D eigenvalue weighted by Crippen LogP contribution is 2.24. The first kappa shape index (κ1) is 23.1. The number of anilines is 2. The molecule has 1 aliphatic heterocycles. The fourth-order valence-corrected chi connectivity index (χ4v) is 5.33. The highest BCUT2D eigenvalue weighted by Gasteiger charge is 2.29. The fourth-order valence-electron chi connectivity index (χ4n) is 3.21. The molecule has 1 fully saturated rings. The Bertz CT molecular complexity index is 1260. The van der Waals surface area contributed by atoms with E-state index < -0.39 is 26.6 Å². The van der Waals surface area contributed by atoms with E-state index in [0.717, 1.165) is 16.4 Å². The number of rotatable bonds is 6. The summed E-state index contributed by atoms with van der Waals surface area (Å²) in [6.07, 6.45) is 0. The second kappa shape index (κ2) is 9.79. The molecule has 1 saturated heterocycles. The molecular formula is C22H20FN3O5S2. The summed E-state index contributed by atoms with van der Waals surface area (Å²) >= 11 is 1.32. The lowest BCUT2D eigenvalue weighted by atomic mass is 10.2. The van der Waals surface area contributed by atoms with Crippen molar-refractivity contribution in [2.75, 3.05) is 36.9 Å². The van der Waals surface area contributed by atoms with Crippen LogP contribution in [0.3, 0.4) is 0 Å². The highest BCUT2D eigenvalue weighted by molar-refractivity contribution is 7.89. The third kappa shape index (κ3) is 5.28. The van der Waals surface area contributed by atoms with Gasteiger partial charge in [-0.05, 0) is 53.9 Å². The van der Waals surface area contributed by atoms with Crippen LogP contribution in [-0.4, -0.2) is 50.8 Å². The largest absolute Gasteiger partial charge is 0.379 e. The molecule has 2 aromatic carbocycles. The van der Waals surface area contributed by atoms with Gasteiger partial charge >= 0.3 is 0 Å². The predicted molar refractivity (Wildman–Crippen MR) is 123 cm³/mol. The van der Waals surface area contributed by atoms with Gasteiger partial charge in [0.2, 0.25) is 10.0 Å². The standard InChI is InChI=1S/C22H20FN3O5S2/c23-18-8-7-17(14-20(18)33(29,30)26-9-11-31-12-10-26)25-21(27)15-3-5-16(6-4-15)24-22(28)19-2-1-13-32-19/h1-8,13-14H,9-12H2,(H,24,28)(H,25,27). The van der Waals surface area contributed by atoms with Gasteiger partial charge in [-0.2, -0.15) is 4.31 Å². The topological polar surface area (TPSA) is 105 Å². The highest BCUT2D eigenvalue weighted by atomic mass is 32.2. The van der Waals surface area contributed by atoms with E-state index in [1.807, 2.05) is 0 Å². The van der Waals surface area contributed by atoms with Crippen molar-refractivity contribution in [3.8, 4) is 0 Å². The van der Waals surface area contributed by atoms with Crippen molar-refractivity contribution in [1.29, 1.82) is 0 Å². The number of nitrogens with one attached hydrogen (secondary N) is 2. The zero-order valence-corrected chi connectivity index (χ0v) is 18.9. The van der Waals surface area contributed by atoms with Crippen molar-refractivity contribution in [1.82, 2.24) is 4.31 Å². The summed E-state index contributed by atoms with van der Waals surface area (Å²) in [5, 5.41) is 7.13. The first-order chi connectivity index (χ1) is 15.8. The Morgan fingerprint density at radius 3 is 2.27 bits per heavy atom. The molecule has 1 aromatic heterocycles. The summed E-state index contributed by atoms with van der Waals surface area (Å²) in [5.74, 6) is -1.65. The van der Waals surface area contributed by atoms with Crippen LogP contribution < -0.4 is 10.6 Å². The van der Waals surface area contributed by atoms with Gasteiger partial charge in [-0.1, -0.05) is 6.07 Å². The van der Waals surface area contributed by atoms with Gasteiger partial charge in [0.05, 0.1) is 18.1 Å². The van der Waals surface area contributed by atoms with Crippen LogP contribution in [0.15, 0.2) is 64.9 Å². The molecule has 0 radical (unpaired) electrons. The maximum Gasteiger partial charge on any atom is 0.265 e. The van der Waals surface area contributed by atoms with Crippen LogP contribution in [0.5, 0.6) is 0 Å². The van der Waals surface area contributed by atoms with Gasteiger partial charge in [0.25, 0.3) is 11.8 Å². The van der Waals surface area contributed by atoms with E-state index in [2.05, 4.69) is 10.6 Å². The second-order valence-electron chi connectivity index (χ2n) is 7.12. The van der Waals surface area contributed by atoms with E-state index in [4.69, 9.17) is 4.74 Å². The van der Waals surface area contributed by atoms with E-state index >= 15 is 0 Å². The maximum absolute atomic E-state index is 14.3. The van der Waals surface area contributed by atoms with E-state index in [0.29, 0.717) is 10.6 Å². The Kier molecular flexibility index (Phi) is 6.84. The summed E-state index contributed by atoms with van der Waals surface area (Å²) in [5.41, 5.74) is 0.944. The first-order valence-corrected chi connectivity index (χ1v) is 12.3. The van der Waals surface area contributed by atoms with E-state index in [9.17, 15) is 22.4 Å². The quantitative estimate of drug-likeness (QED) is 0.552. The second-order valence-corrected chi connectivity index (χ2v) is 9.98. The summed E-state index contributed by atoms with van der Waals surface area (Å²) < 4.78 is 46.3. The number of morpholine rings is 1. The van der Waals surface area contributed by atoms with Gasteiger partial charge in [-0.3, -0.25) is 9.59 Å². The number of carbonyl (C=O) groups is 2. The predicted octanol–water partition coefficient (Wildman–Crippen LogP) is 3.41. The van der Waals surface area contributed by atoms with Crippen LogP contribution in [0.1, 0.15) is 20.0 Å². The van der Waals surface area contributed by atoms with E-state index in [1.165, 1.54) is 29.5 Å². The van der Waals surface area contributed by atoms with Gasteiger partial charge in [-0.25, -0.2) is 12.8 Å². The number of carbonyl (C=O) groups excluding carboxylic acids is 2. The molecule has 0 atom stereocenters. The van der Waals surface area contributed by atoms with E-state index in [-0.39, 0.29) is 43.5 Å². The summed E-state index contributed by atoms with van der Waals surface area (Å²) in [4.78, 5) is 24.8. The zero-order chi connectivity index (χ0) is 23.4. The number of nitrogens with zero attached hydrogens (tertiary/aromatic N) is 1. The number of amides is 2. The van der Waals surface area contributed by atoms with Crippen molar-refractivity contribution in [2.24, 2.45) is 0 Å². The lowest BCUT2D eigenvalue weighted by Gasteiger charge is -2.26. The average molecular weight is 490 g/mol. The number of ether oxygens (including phenoxy) is 1. The number of sulfonamides is 1. The molecule has 0 unspecified atom stereocenters. The molecular weight excluding hydrogens is 469 g/mol. The maximum atomic E-state index is 14.3. The van der Waals surface area contributed by atoms with Crippen LogP contribution in [-0.2, 0) is 14.8 Å². The molecule has 0 spiro atoms. The first-order valence-electron chi connectivity index (χ1n) is 9.98. The molecule has 0 bridgehead atoms. The summed E-state index contributed by atoms with van der Waals surface area (Å²) in [6.45, 7) is 0.740. The number of halogens is 1. The Morgan fingerprint density at radius 2 is 1.61 bits per heavy atom. The summed E-state index contributed by atoms with van der Waals surface area (Å²) in [7, 11) is -4.06. The number of hydrogen-bond donors (Lipinski definition) is 2. The van der Waals surface area contributed by atoms with Crippen molar-refractivity contribution in [2.45, 2.75) is 4.90 Å². The third-order valence-corrected chi connectivity index (χ3v) is 7.71. The van der Waals surface area contributed by atoms with E-state index in [1.54, 1.807) is 29.6 Å². The Hall–Kier alpha value is -3.12. The molecule has 2 amide bonds. The van der Waals surface area contributed by atoms with Crippen LogP contribution in [0.4, 0.5) is 15.8 Å². The SMILES string of the molecule is O=C(Nc1ccc(F)c(S(=O)(=O)N2CCOCC2)c1)c1ccc(NC(=O)c2cccs2)cc1. The normalized spacial score (nSPS) is 14.6. The number of thiophene rings is 1. The fraction of sp³-hybridized carbons (Fsp3) is 0.182. The van der Waals surface area contributed by atoms with Crippen LogP contribution in [0.2, 0.25) is 0 Å². The lowest BCUT2D eigenvalue weighted by Crippen LogP contribution is -2.40. The molecule has 8 nitrogen and oxygen atoms in total. The van der Waals surface area contributed by atoms with Crippen LogP contribution >= 0.6 is 11.3 Å². The van der Waals surface area contributed by atoms with Gasteiger partial charge in [0.1, 0.15) is 10.7 Å². The zero-order valence-electron chi connectivity index (χ0n) is 17.3. The average Bonchev–Trinajstić information content (AvgIpc) is 3.36. The van der Waals surface area contributed by atoms with Crippen molar-refractivity contribution in [3.05, 3.63) is 76.2 Å². The van der Waals surface area contributed by atoms with Crippen LogP contribution in [0, 0.1) is 5.82 Å². The lowest BCUT2D eigenvalue weighted by molar-refractivity contribution is 0.0729. The molecule has 2 heterocycles. The van der Waals surface area contributed by atoms with Crippen molar-refractivity contribution in [3.63, 3.8) is 0 Å². The molecule has 2 N–H and O–H groups in total. The molecule has 11 heteroatoms. The van der Waals surface area contributed by atoms with Gasteiger partial charge < -0.3 is 15.4 Å². The number of hydrogen-bond acceptors (Lipinski definition) is 6.